The van der Waals surface area contributed by atoms with Crippen molar-refractivity contribution >= 4 is 23.4 Å². The Hall–Kier alpha value is -1.66. The Kier molecular flexibility index (Phi) is 4.01. The molecule has 19 heavy (non-hydrogen) atoms. The minimum atomic E-state index is -0.751. The molecule has 1 aromatic heterocycles. The molecule has 0 amide bonds. The van der Waals surface area contributed by atoms with Crippen molar-refractivity contribution < 1.29 is 5.21 Å². The van der Waals surface area contributed by atoms with Gasteiger partial charge in [-0.05, 0) is 25.1 Å². The maximum absolute atomic E-state index is 11.7. The van der Waals surface area contributed by atoms with Gasteiger partial charge < -0.3 is 5.21 Å². The summed E-state index contributed by atoms with van der Waals surface area (Å²) in [4.78, 5) is 24.0. The summed E-state index contributed by atoms with van der Waals surface area (Å²) in [6.45, 7) is 2.11. The van der Waals surface area contributed by atoms with Crippen molar-refractivity contribution in [2.45, 2.75) is 23.4 Å². The average molecular weight is 299 g/mol. The third-order valence-electron chi connectivity index (χ3n) is 2.47. The Morgan fingerprint density at radius 1 is 1.32 bits per heavy atom. The summed E-state index contributed by atoms with van der Waals surface area (Å²) in [6.07, 6.45) is 0. The van der Waals surface area contributed by atoms with Crippen molar-refractivity contribution in [1.29, 1.82) is 0 Å². The summed E-state index contributed by atoms with van der Waals surface area (Å²) in [5, 5.41) is 10.3. The number of hydrogen-bond donors (Lipinski definition) is 1. The van der Waals surface area contributed by atoms with E-state index < -0.39 is 11.2 Å². The lowest BCUT2D eigenvalue weighted by molar-refractivity contribution is 0.152. The molecule has 0 fully saturated rings. The van der Waals surface area contributed by atoms with Crippen LogP contribution in [0.15, 0.2) is 49.8 Å². The zero-order chi connectivity index (χ0) is 14.0. The summed E-state index contributed by atoms with van der Waals surface area (Å²) in [5.41, 5.74) is -1.50. The van der Waals surface area contributed by atoms with Crippen LogP contribution in [0.5, 0.6) is 0 Å². The third-order valence-corrected chi connectivity index (χ3v) is 3.74. The summed E-state index contributed by atoms with van der Waals surface area (Å²) in [7, 11) is 0. The van der Waals surface area contributed by atoms with Crippen molar-refractivity contribution in [2.24, 2.45) is 0 Å². The van der Waals surface area contributed by atoms with Crippen LogP contribution in [0.2, 0.25) is 5.02 Å². The fourth-order valence-electron chi connectivity index (χ4n) is 1.57. The fourth-order valence-corrected chi connectivity index (χ4v) is 2.88. The standard InChI is InChI=1S/C12H11ClN2O3S/c1-2-14-11(7-10(16)15(18)12(14)17)19-9-5-3-4-8(13)6-9/h3-7,18H,2H2,1H3. The van der Waals surface area contributed by atoms with Gasteiger partial charge in [-0.25, -0.2) is 4.79 Å². The first-order chi connectivity index (χ1) is 9.02. The second-order valence-electron chi connectivity index (χ2n) is 3.72. The van der Waals surface area contributed by atoms with Crippen LogP contribution in [0.1, 0.15) is 6.92 Å². The van der Waals surface area contributed by atoms with Gasteiger partial charge in [-0.1, -0.05) is 34.2 Å². The number of hydrogen-bond acceptors (Lipinski definition) is 4. The van der Waals surface area contributed by atoms with Crippen molar-refractivity contribution in [3.8, 4) is 0 Å². The van der Waals surface area contributed by atoms with Gasteiger partial charge in [0, 0.05) is 22.5 Å². The summed E-state index contributed by atoms with van der Waals surface area (Å²) >= 11 is 7.13. The molecule has 2 rings (SSSR count). The molecule has 0 aliphatic heterocycles. The molecule has 0 radical (unpaired) electrons. The molecule has 0 aliphatic rings. The molecule has 1 N–H and O–H groups in total. The second-order valence-corrected chi connectivity index (χ2v) is 5.25. The molecule has 1 aromatic carbocycles. The van der Waals surface area contributed by atoms with E-state index in [9.17, 15) is 14.8 Å². The summed E-state index contributed by atoms with van der Waals surface area (Å²) in [5.74, 6) is 0. The molecule has 0 spiro atoms. The number of benzene rings is 1. The van der Waals surface area contributed by atoms with Crippen molar-refractivity contribution in [2.75, 3.05) is 0 Å². The molecular weight excluding hydrogens is 288 g/mol. The van der Waals surface area contributed by atoms with Crippen LogP contribution in [-0.2, 0) is 6.54 Å². The van der Waals surface area contributed by atoms with Crippen LogP contribution in [0.3, 0.4) is 0 Å². The lowest BCUT2D eigenvalue weighted by Gasteiger charge is -2.10. The Balaban J connectivity index is 2.51. The molecular formula is C12H11ClN2O3S. The largest absolute Gasteiger partial charge is 0.421 e. The van der Waals surface area contributed by atoms with Gasteiger partial charge in [-0.2, -0.15) is 0 Å². The Morgan fingerprint density at radius 3 is 2.68 bits per heavy atom. The SMILES string of the molecule is CCn1c(Sc2cccc(Cl)c2)cc(=O)n(O)c1=O. The molecule has 0 atom stereocenters. The van der Waals surface area contributed by atoms with Crippen LogP contribution >= 0.6 is 23.4 Å². The van der Waals surface area contributed by atoms with Gasteiger partial charge in [0.25, 0.3) is 5.56 Å². The molecule has 2 aromatic rings. The first-order valence-electron chi connectivity index (χ1n) is 5.52. The van der Waals surface area contributed by atoms with E-state index in [1.807, 2.05) is 6.07 Å². The minimum Gasteiger partial charge on any atom is -0.421 e. The number of aromatic nitrogens is 2. The van der Waals surface area contributed by atoms with E-state index in [1.165, 1.54) is 22.4 Å². The Bertz CT molecular complexity index is 724. The molecule has 0 saturated carbocycles. The van der Waals surface area contributed by atoms with E-state index in [2.05, 4.69) is 0 Å². The lowest BCUT2D eigenvalue weighted by atomic mass is 10.4. The highest BCUT2D eigenvalue weighted by Gasteiger charge is 2.10. The molecule has 1 heterocycles. The Morgan fingerprint density at radius 2 is 2.05 bits per heavy atom. The van der Waals surface area contributed by atoms with E-state index in [-0.39, 0.29) is 4.73 Å². The number of halogens is 1. The molecule has 5 nitrogen and oxygen atoms in total. The van der Waals surface area contributed by atoms with Gasteiger partial charge in [0.05, 0.1) is 5.03 Å². The average Bonchev–Trinajstić information content (AvgIpc) is 2.37. The molecule has 0 aliphatic carbocycles. The van der Waals surface area contributed by atoms with E-state index in [0.717, 1.165) is 4.90 Å². The highest BCUT2D eigenvalue weighted by atomic mass is 35.5. The zero-order valence-electron chi connectivity index (χ0n) is 10.0. The fraction of sp³-hybridized carbons (Fsp3) is 0.167. The van der Waals surface area contributed by atoms with E-state index in [0.29, 0.717) is 16.6 Å². The number of rotatable bonds is 3. The zero-order valence-corrected chi connectivity index (χ0v) is 11.6. The van der Waals surface area contributed by atoms with Crippen molar-refractivity contribution in [1.82, 2.24) is 9.30 Å². The second kappa shape index (κ2) is 5.54. The van der Waals surface area contributed by atoms with Crippen molar-refractivity contribution in [3.63, 3.8) is 0 Å². The molecule has 100 valence electrons. The van der Waals surface area contributed by atoms with Crippen LogP contribution in [0.4, 0.5) is 0 Å². The monoisotopic (exact) mass is 298 g/mol. The predicted molar refractivity (Wildman–Crippen MR) is 73.4 cm³/mol. The van der Waals surface area contributed by atoms with Crippen LogP contribution in [0.25, 0.3) is 0 Å². The maximum Gasteiger partial charge on any atom is 0.365 e. The highest BCUT2D eigenvalue weighted by Crippen LogP contribution is 2.27. The molecule has 0 saturated heterocycles. The topological polar surface area (TPSA) is 64.2 Å². The van der Waals surface area contributed by atoms with Gasteiger partial charge in [-0.3, -0.25) is 9.36 Å². The van der Waals surface area contributed by atoms with Gasteiger partial charge in [0.15, 0.2) is 0 Å². The first kappa shape index (κ1) is 13.8. The maximum atomic E-state index is 11.7. The normalized spacial score (nSPS) is 10.6. The Labute approximate surface area is 118 Å². The molecule has 7 heteroatoms. The third kappa shape index (κ3) is 2.85. The van der Waals surface area contributed by atoms with Crippen molar-refractivity contribution in [3.05, 3.63) is 56.2 Å². The van der Waals surface area contributed by atoms with Gasteiger partial charge >= 0.3 is 5.69 Å². The van der Waals surface area contributed by atoms with E-state index in [4.69, 9.17) is 11.6 Å². The highest BCUT2D eigenvalue weighted by molar-refractivity contribution is 7.99. The van der Waals surface area contributed by atoms with Crippen LogP contribution < -0.4 is 11.2 Å². The van der Waals surface area contributed by atoms with Gasteiger partial charge in [0.1, 0.15) is 0 Å². The van der Waals surface area contributed by atoms with Crippen LogP contribution in [0, 0.1) is 0 Å². The summed E-state index contributed by atoms with van der Waals surface area (Å²) < 4.78 is 1.42. The number of nitrogens with zero attached hydrogens (tertiary/aromatic N) is 2. The molecule has 0 bridgehead atoms. The predicted octanol–water partition coefficient (Wildman–Crippen LogP) is 2.07. The minimum absolute atomic E-state index is 0.103. The summed E-state index contributed by atoms with van der Waals surface area (Å²) in [6, 6.07) is 8.31. The van der Waals surface area contributed by atoms with Gasteiger partial charge in [-0.15, -0.1) is 0 Å². The van der Waals surface area contributed by atoms with Gasteiger partial charge in [0.2, 0.25) is 0 Å². The lowest BCUT2D eigenvalue weighted by Crippen LogP contribution is -2.38. The molecule has 0 unspecified atom stereocenters. The first-order valence-corrected chi connectivity index (χ1v) is 6.72. The van der Waals surface area contributed by atoms with E-state index in [1.54, 1.807) is 25.1 Å². The quantitative estimate of drug-likeness (QED) is 0.696. The van der Waals surface area contributed by atoms with Crippen LogP contribution in [-0.4, -0.2) is 14.5 Å². The smallest absolute Gasteiger partial charge is 0.365 e. The van der Waals surface area contributed by atoms with E-state index >= 15 is 0 Å².